The summed E-state index contributed by atoms with van der Waals surface area (Å²) >= 11 is 0. The summed E-state index contributed by atoms with van der Waals surface area (Å²) in [4.78, 5) is 11.5. The highest BCUT2D eigenvalue weighted by Crippen LogP contribution is 2.05. The van der Waals surface area contributed by atoms with Gasteiger partial charge in [-0.2, -0.15) is 0 Å². The predicted octanol–water partition coefficient (Wildman–Crippen LogP) is 1.81. The highest BCUT2D eigenvalue weighted by Gasteiger charge is 2.05. The van der Waals surface area contributed by atoms with E-state index in [0.717, 1.165) is 6.42 Å². The average Bonchev–Trinajstić information content (AvgIpc) is 2.35. The smallest absolute Gasteiger partial charge is 0.220 e. The molecule has 0 aliphatic rings. The normalized spacial score (nSPS) is 12.2. The van der Waals surface area contributed by atoms with E-state index in [0.29, 0.717) is 19.4 Å². The van der Waals surface area contributed by atoms with Crippen molar-refractivity contribution in [3.05, 3.63) is 35.4 Å². The zero-order valence-corrected chi connectivity index (χ0v) is 10.6. The maximum atomic E-state index is 11.5. The van der Waals surface area contributed by atoms with Crippen molar-refractivity contribution in [3.8, 4) is 0 Å². The fraction of sp³-hybridized carbons (Fsp3) is 0.500. The number of aliphatic hydroxyl groups excluding tert-OH is 1. The van der Waals surface area contributed by atoms with Crippen LogP contribution in [0.3, 0.4) is 0 Å². The van der Waals surface area contributed by atoms with Crippen LogP contribution in [0.5, 0.6) is 0 Å². The van der Waals surface area contributed by atoms with Gasteiger partial charge >= 0.3 is 0 Å². The molecule has 0 aromatic heterocycles. The molecular weight excluding hydrogens is 214 g/mol. The zero-order chi connectivity index (χ0) is 12.7. The Morgan fingerprint density at radius 3 is 2.59 bits per heavy atom. The number of aryl methyl sites for hydroxylation is 2. The third-order valence-electron chi connectivity index (χ3n) is 2.77. The first kappa shape index (κ1) is 13.7. The molecule has 1 amide bonds. The van der Waals surface area contributed by atoms with Crippen molar-refractivity contribution < 1.29 is 9.90 Å². The Balaban J connectivity index is 2.26. The lowest BCUT2D eigenvalue weighted by Crippen LogP contribution is -2.31. The lowest BCUT2D eigenvalue weighted by molar-refractivity contribution is -0.121. The second-order valence-electron chi connectivity index (χ2n) is 4.35. The van der Waals surface area contributed by atoms with Crippen LogP contribution >= 0.6 is 0 Å². The number of aliphatic hydroxyl groups is 1. The Kier molecular flexibility index (Phi) is 5.70. The highest BCUT2D eigenvalue weighted by molar-refractivity contribution is 5.76. The largest absolute Gasteiger partial charge is 0.391 e. The number of hydrogen-bond donors (Lipinski definition) is 2. The number of carbonyl (C=O) groups excluding carboxylic acids is 1. The van der Waals surface area contributed by atoms with Gasteiger partial charge in [0.1, 0.15) is 0 Å². The molecule has 0 spiro atoms. The Morgan fingerprint density at radius 1 is 1.35 bits per heavy atom. The molecule has 0 fully saturated rings. The van der Waals surface area contributed by atoms with Crippen LogP contribution in [0.25, 0.3) is 0 Å². The van der Waals surface area contributed by atoms with Crippen LogP contribution < -0.4 is 5.32 Å². The van der Waals surface area contributed by atoms with Gasteiger partial charge in [-0.1, -0.05) is 36.8 Å². The molecule has 0 aliphatic carbocycles. The van der Waals surface area contributed by atoms with Crippen LogP contribution in [0.1, 0.15) is 30.9 Å². The second-order valence-corrected chi connectivity index (χ2v) is 4.35. The lowest BCUT2D eigenvalue weighted by Gasteiger charge is -2.09. The van der Waals surface area contributed by atoms with E-state index in [-0.39, 0.29) is 5.91 Å². The molecule has 1 unspecified atom stereocenters. The molecule has 0 saturated heterocycles. The monoisotopic (exact) mass is 235 g/mol. The van der Waals surface area contributed by atoms with E-state index in [4.69, 9.17) is 0 Å². The van der Waals surface area contributed by atoms with Crippen molar-refractivity contribution in [1.82, 2.24) is 5.32 Å². The number of rotatable bonds is 6. The first-order valence-electron chi connectivity index (χ1n) is 6.12. The van der Waals surface area contributed by atoms with Gasteiger partial charge < -0.3 is 10.4 Å². The van der Waals surface area contributed by atoms with Crippen molar-refractivity contribution in [2.75, 3.05) is 6.54 Å². The van der Waals surface area contributed by atoms with E-state index < -0.39 is 6.10 Å². The third-order valence-corrected chi connectivity index (χ3v) is 2.77. The minimum atomic E-state index is -0.432. The molecule has 0 bridgehead atoms. The lowest BCUT2D eigenvalue weighted by atomic mass is 10.1. The average molecular weight is 235 g/mol. The highest BCUT2D eigenvalue weighted by atomic mass is 16.3. The fourth-order valence-electron chi connectivity index (χ4n) is 1.48. The summed E-state index contributed by atoms with van der Waals surface area (Å²) in [6.45, 7) is 4.29. The fourth-order valence-corrected chi connectivity index (χ4v) is 1.48. The molecular formula is C14H21NO2. The van der Waals surface area contributed by atoms with Gasteiger partial charge in [-0.3, -0.25) is 4.79 Å². The third kappa shape index (κ3) is 5.50. The van der Waals surface area contributed by atoms with Gasteiger partial charge in [-0.05, 0) is 25.3 Å². The van der Waals surface area contributed by atoms with Crippen LogP contribution in [0.2, 0.25) is 0 Å². The predicted molar refractivity (Wildman–Crippen MR) is 68.8 cm³/mol. The topological polar surface area (TPSA) is 49.3 Å². The summed E-state index contributed by atoms with van der Waals surface area (Å²) in [7, 11) is 0. The van der Waals surface area contributed by atoms with Crippen LogP contribution in [0.4, 0.5) is 0 Å². The first-order chi connectivity index (χ1) is 8.11. The van der Waals surface area contributed by atoms with Gasteiger partial charge in [-0.25, -0.2) is 0 Å². The Labute approximate surface area is 103 Å². The van der Waals surface area contributed by atoms with Crippen molar-refractivity contribution in [2.24, 2.45) is 0 Å². The number of nitrogens with one attached hydrogen (secondary N) is 1. The summed E-state index contributed by atoms with van der Waals surface area (Å²) in [5, 5.41) is 12.0. The van der Waals surface area contributed by atoms with Gasteiger partial charge in [0.05, 0.1) is 6.10 Å². The van der Waals surface area contributed by atoms with Crippen molar-refractivity contribution in [3.63, 3.8) is 0 Å². The van der Waals surface area contributed by atoms with E-state index >= 15 is 0 Å². The quantitative estimate of drug-likeness (QED) is 0.790. The van der Waals surface area contributed by atoms with E-state index in [2.05, 4.69) is 5.32 Å². The molecule has 1 aromatic rings. The molecule has 0 heterocycles. The molecule has 0 radical (unpaired) electrons. The first-order valence-corrected chi connectivity index (χ1v) is 6.12. The van der Waals surface area contributed by atoms with Crippen LogP contribution in [-0.4, -0.2) is 23.7 Å². The molecule has 1 rings (SSSR count). The SMILES string of the molecule is CCC(O)CNC(=O)CCc1ccc(C)cc1. The maximum Gasteiger partial charge on any atom is 0.220 e. The van der Waals surface area contributed by atoms with E-state index in [1.54, 1.807) is 0 Å². The molecule has 3 nitrogen and oxygen atoms in total. The van der Waals surface area contributed by atoms with Crippen LogP contribution in [-0.2, 0) is 11.2 Å². The second kappa shape index (κ2) is 7.07. The minimum absolute atomic E-state index is 0.00178. The minimum Gasteiger partial charge on any atom is -0.391 e. The van der Waals surface area contributed by atoms with E-state index in [9.17, 15) is 9.90 Å². The molecule has 0 saturated carbocycles. The Morgan fingerprint density at radius 2 is 2.00 bits per heavy atom. The molecule has 1 atom stereocenters. The molecule has 0 aliphatic heterocycles. The van der Waals surface area contributed by atoms with Gasteiger partial charge in [0.2, 0.25) is 5.91 Å². The van der Waals surface area contributed by atoms with Crippen LogP contribution in [0.15, 0.2) is 24.3 Å². The van der Waals surface area contributed by atoms with Crippen molar-refractivity contribution >= 4 is 5.91 Å². The van der Waals surface area contributed by atoms with Crippen LogP contribution in [0, 0.1) is 6.92 Å². The molecule has 2 N–H and O–H groups in total. The Bertz CT molecular complexity index is 346. The van der Waals surface area contributed by atoms with Crippen molar-refractivity contribution in [2.45, 2.75) is 39.2 Å². The number of amides is 1. The number of carbonyl (C=O) groups is 1. The van der Waals surface area contributed by atoms with E-state index in [1.165, 1.54) is 11.1 Å². The van der Waals surface area contributed by atoms with E-state index in [1.807, 2.05) is 38.1 Å². The standard InChI is InChI=1S/C14H21NO2/c1-3-13(16)10-15-14(17)9-8-12-6-4-11(2)5-7-12/h4-7,13,16H,3,8-10H2,1-2H3,(H,15,17). The number of hydrogen-bond acceptors (Lipinski definition) is 2. The summed E-state index contributed by atoms with van der Waals surface area (Å²) in [5.41, 5.74) is 2.39. The molecule has 94 valence electrons. The van der Waals surface area contributed by atoms with Gasteiger partial charge in [-0.15, -0.1) is 0 Å². The summed E-state index contributed by atoms with van der Waals surface area (Å²) in [5.74, 6) is -0.00178. The molecule has 17 heavy (non-hydrogen) atoms. The van der Waals surface area contributed by atoms with Gasteiger partial charge in [0.25, 0.3) is 0 Å². The maximum absolute atomic E-state index is 11.5. The summed E-state index contributed by atoms with van der Waals surface area (Å²) in [6.07, 6.45) is 1.45. The van der Waals surface area contributed by atoms with Gasteiger partial charge in [0.15, 0.2) is 0 Å². The molecule has 3 heteroatoms. The Hall–Kier alpha value is -1.35. The summed E-state index contributed by atoms with van der Waals surface area (Å²) in [6, 6.07) is 8.19. The zero-order valence-electron chi connectivity index (χ0n) is 10.6. The number of benzene rings is 1. The van der Waals surface area contributed by atoms with Gasteiger partial charge in [0, 0.05) is 13.0 Å². The van der Waals surface area contributed by atoms with Crippen molar-refractivity contribution in [1.29, 1.82) is 0 Å². The molecule has 1 aromatic carbocycles. The summed E-state index contributed by atoms with van der Waals surface area (Å²) < 4.78 is 0.